The van der Waals surface area contributed by atoms with Crippen LogP contribution in [-0.2, 0) is 0 Å². The molecule has 3 N–H and O–H groups in total. The molecule has 272 valence electrons. The zero-order valence-corrected chi connectivity index (χ0v) is 33.3. The summed E-state index contributed by atoms with van der Waals surface area (Å²) in [5.74, 6) is 0.761. The van der Waals surface area contributed by atoms with E-state index in [1.165, 1.54) is 0 Å². The number of benzene rings is 3. The molecule has 0 spiro atoms. The zero-order valence-electron chi connectivity index (χ0n) is 31.0. The second kappa shape index (κ2) is 20.1. The summed E-state index contributed by atoms with van der Waals surface area (Å²) >= 11 is 20.9. The minimum atomic E-state index is -0.290. The van der Waals surface area contributed by atoms with E-state index < -0.39 is 0 Å². The summed E-state index contributed by atoms with van der Waals surface area (Å²) in [6.45, 7) is 15.0. The van der Waals surface area contributed by atoms with Crippen molar-refractivity contribution in [3.05, 3.63) is 86.5 Å². The Labute approximate surface area is 312 Å². The fourth-order valence-electron chi connectivity index (χ4n) is 7.30. The molecule has 3 rings (SSSR count). The van der Waals surface area contributed by atoms with Gasteiger partial charge in [0.1, 0.15) is 17.2 Å². The molecule has 4 unspecified atom stereocenters. The molecule has 3 nitrogen and oxygen atoms in total. The monoisotopic (exact) mass is 730 g/mol. The number of alkyl halides is 3. The maximum absolute atomic E-state index is 11.1. The number of aromatic hydroxyl groups is 3. The van der Waals surface area contributed by atoms with Crippen LogP contribution in [0, 0.1) is 20.8 Å². The first-order valence-electron chi connectivity index (χ1n) is 18.8. The van der Waals surface area contributed by atoms with Crippen molar-refractivity contribution >= 4 is 34.8 Å². The van der Waals surface area contributed by atoms with Crippen LogP contribution in [0.15, 0.2) is 36.4 Å². The van der Waals surface area contributed by atoms with Gasteiger partial charge < -0.3 is 15.3 Å². The molecule has 0 saturated carbocycles. The molecule has 0 aliphatic heterocycles. The highest BCUT2D eigenvalue weighted by atomic mass is 35.5. The third-order valence-electron chi connectivity index (χ3n) is 10.3. The molecule has 0 aliphatic carbocycles. The van der Waals surface area contributed by atoms with E-state index in [0.717, 1.165) is 134 Å². The molecule has 3 aromatic carbocycles. The van der Waals surface area contributed by atoms with Gasteiger partial charge in [0.05, 0.1) is 16.1 Å². The standard InChI is InChI=1S/C43H61Cl3O3/c1-8-11-14-17-38(44)35-24-31(28(5)21-41(35)47)27(4)20-34(32-25-36(42(48)22-29(32)6)39(45)18-15-12-9-2)33-26-37(43(49)23-30(33)7)40(46)19-16-13-10-3/h21-27,34,38-40,47-49H,8-20H2,1-7H3. The van der Waals surface area contributed by atoms with E-state index in [2.05, 4.69) is 66.7 Å². The van der Waals surface area contributed by atoms with Crippen LogP contribution in [0.1, 0.15) is 189 Å². The molecule has 0 amide bonds. The molecular formula is C43H61Cl3O3. The molecule has 3 aromatic rings. The van der Waals surface area contributed by atoms with Gasteiger partial charge in [-0.25, -0.2) is 0 Å². The van der Waals surface area contributed by atoms with Gasteiger partial charge in [-0.2, -0.15) is 0 Å². The second-order valence-corrected chi connectivity index (χ2v) is 16.0. The number of unbranched alkanes of at least 4 members (excludes halogenated alkanes) is 6. The van der Waals surface area contributed by atoms with Gasteiger partial charge in [-0.05, 0) is 116 Å². The molecule has 0 radical (unpaired) electrons. The Balaban J connectivity index is 2.16. The number of phenols is 3. The van der Waals surface area contributed by atoms with E-state index in [1.807, 2.05) is 18.2 Å². The quantitative estimate of drug-likeness (QED) is 0.0801. The first-order chi connectivity index (χ1) is 23.3. The maximum atomic E-state index is 11.1. The minimum Gasteiger partial charge on any atom is -0.508 e. The van der Waals surface area contributed by atoms with Gasteiger partial charge in [0.25, 0.3) is 0 Å². The number of phenolic OH excluding ortho intramolecular Hbond substituents is 3. The van der Waals surface area contributed by atoms with Crippen LogP contribution < -0.4 is 0 Å². The van der Waals surface area contributed by atoms with Crippen LogP contribution in [0.5, 0.6) is 17.2 Å². The van der Waals surface area contributed by atoms with Crippen LogP contribution in [-0.4, -0.2) is 15.3 Å². The lowest BCUT2D eigenvalue weighted by atomic mass is 9.76. The molecule has 0 heterocycles. The Bertz CT molecular complexity index is 1410. The minimum absolute atomic E-state index is 0.0688. The first kappa shape index (κ1) is 41.4. The molecular weight excluding hydrogens is 671 g/mol. The number of hydrogen-bond donors (Lipinski definition) is 3. The molecule has 0 saturated heterocycles. The molecule has 0 fully saturated rings. The van der Waals surface area contributed by atoms with Gasteiger partial charge in [-0.3, -0.25) is 0 Å². The lowest BCUT2D eigenvalue weighted by Crippen LogP contribution is -2.12. The first-order valence-corrected chi connectivity index (χ1v) is 20.1. The average molecular weight is 732 g/mol. The Morgan fingerprint density at radius 1 is 0.469 bits per heavy atom. The highest BCUT2D eigenvalue weighted by Gasteiger charge is 2.28. The third-order valence-corrected chi connectivity index (χ3v) is 11.7. The average Bonchev–Trinajstić information content (AvgIpc) is 3.04. The Kier molecular flexibility index (Phi) is 17.0. The largest absolute Gasteiger partial charge is 0.508 e. The molecule has 4 atom stereocenters. The van der Waals surface area contributed by atoms with Crippen molar-refractivity contribution in [1.29, 1.82) is 0 Å². The van der Waals surface area contributed by atoms with Crippen LogP contribution in [0.2, 0.25) is 0 Å². The van der Waals surface area contributed by atoms with Gasteiger partial charge in [-0.1, -0.05) is 91.5 Å². The normalized spacial score (nSPS) is 14.8. The van der Waals surface area contributed by atoms with Gasteiger partial charge >= 0.3 is 0 Å². The Morgan fingerprint density at radius 3 is 1.10 bits per heavy atom. The topological polar surface area (TPSA) is 60.7 Å². The van der Waals surface area contributed by atoms with Crippen molar-refractivity contribution in [2.24, 2.45) is 0 Å². The molecule has 6 heteroatoms. The van der Waals surface area contributed by atoms with Crippen molar-refractivity contribution in [2.75, 3.05) is 0 Å². The lowest BCUT2D eigenvalue weighted by Gasteiger charge is -2.29. The molecule has 49 heavy (non-hydrogen) atoms. The lowest BCUT2D eigenvalue weighted by molar-refractivity contribution is 0.463. The van der Waals surface area contributed by atoms with Gasteiger partial charge in [0.15, 0.2) is 0 Å². The molecule has 0 aliphatic rings. The van der Waals surface area contributed by atoms with Crippen LogP contribution in [0.4, 0.5) is 0 Å². The smallest absolute Gasteiger partial charge is 0.120 e. The Morgan fingerprint density at radius 2 is 0.776 bits per heavy atom. The fraction of sp³-hybridized carbons (Fsp3) is 0.581. The van der Waals surface area contributed by atoms with E-state index in [4.69, 9.17) is 34.8 Å². The van der Waals surface area contributed by atoms with Crippen molar-refractivity contribution in [3.63, 3.8) is 0 Å². The van der Waals surface area contributed by atoms with E-state index in [9.17, 15) is 15.3 Å². The fourth-order valence-corrected chi connectivity index (χ4v) is 8.29. The predicted molar refractivity (Wildman–Crippen MR) is 212 cm³/mol. The van der Waals surface area contributed by atoms with Crippen molar-refractivity contribution in [2.45, 2.75) is 160 Å². The number of rotatable bonds is 20. The van der Waals surface area contributed by atoms with Crippen molar-refractivity contribution in [3.8, 4) is 17.2 Å². The van der Waals surface area contributed by atoms with Gasteiger partial charge in [0.2, 0.25) is 0 Å². The van der Waals surface area contributed by atoms with Crippen LogP contribution >= 0.6 is 34.8 Å². The zero-order chi connectivity index (χ0) is 36.2. The second-order valence-electron chi connectivity index (χ2n) is 14.4. The van der Waals surface area contributed by atoms with E-state index >= 15 is 0 Å². The highest BCUT2D eigenvalue weighted by molar-refractivity contribution is 6.21. The van der Waals surface area contributed by atoms with E-state index in [1.54, 1.807) is 0 Å². The molecule has 0 bridgehead atoms. The number of aryl methyl sites for hydroxylation is 3. The number of halogens is 3. The van der Waals surface area contributed by atoms with Crippen LogP contribution in [0.25, 0.3) is 0 Å². The summed E-state index contributed by atoms with van der Waals surface area (Å²) < 4.78 is 0. The maximum Gasteiger partial charge on any atom is 0.120 e. The van der Waals surface area contributed by atoms with E-state index in [0.29, 0.717) is 0 Å². The summed E-state index contributed by atoms with van der Waals surface area (Å²) in [4.78, 5) is 0. The van der Waals surface area contributed by atoms with Gasteiger partial charge in [-0.15, -0.1) is 34.8 Å². The van der Waals surface area contributed by atoms with Gasteiger partial charge in [0, 0.05) is 22.6 Å². The third kappa shape index (κ3) is 11.2. The molecule has 0 aromatic heterocycles. The SMILES string of the molecule is CCCCCC(Cl)c1cc(C(C)CC(c2cc(C(Cl)CCCCC)c(O)cc2C)c2cc(C(Cl)CCCCC)c(O)cc2C)c(C)cc1O. The summed E-state index contributed by atoms with van der Waals surface area (Å²) in [5.41, 5.74) is 8.74. The summed E-state index contributed by atoms with van der Waals surface area (Å²) in [5, 5.41) is 32.4. The Hall–Kier alpha value is -2.07. The van der Waals surface area contributed by atoms with E-state index in [-0.39, 0.29) is 45.2 Å². The van der Waals surface area contributed by atoms with Crippen molar-refractivity contribution < 1.29 is 15.3 Å². The number of hydrogen-bond acceptors (Lipinski definition) is 3. The summed E-state index contributed by atoms with van der Waals surface area (Å²) in [6, 6.07) is 11.9. The van der Waals surface area contributed by atoms with Crippen molar-refractivity contribution in [1.82, 2.24) is 0 Å². The predicted octanol–water partition coefficient (Wildman–Crippen LogP) is 14.6. The summed E-state index contributed by atoms with van der Waals surface area (Å²) in [6.07, 6.45) is 12.9. The highest BCUT2D eigenvalue weighted by Crippen LogP contribution is 2.46. The van der Waals surface area contributed by atoms with Crippen LogP contribution in [0.3, 0.4) is 0 Å². The summed E-state index contributed by atoms with van der Waals surface area (Å²) in [7, 11) is 0.